The number of carbonyl (C=O) groups excluding carboxylic acids is 1. The van der Waals surface area contributed by atoms with Gasteiger partial charge in [0.1, 0.15) is 5.52 Å². The Morgan fingerprint density at radius 3 is 2.45 bits per heavy atom. The van der Waals surface area contributed by atoms with Gasteiger partial charge >= 0.3 is 0 Å². The lowest BCUT2D eigenvalue weighted by atomic mass is 10.1. The smallest absolute Gasteiger partial charge is 0.254 e. The van der Waals surface area contributed by atoms with Gasteiger partial charge in [-0.1, -0.05) is 53.7 Å². The highest BCUT2D eigenvalue weighted by Crippen LogP contribution is 2.28. The molecular weight excluding hydrogens is 390 g/mol. The summed E-state index contributed by atoms with van der Waals surface area (Å²) in [4.78, 5) is 17.8. The Labute approximate surface area is 179 Å². The van der Waals surface area contributed by atoms with Crippen molar-refractivity contribution >= 4 is 22.8 Å². The molecule has 4 aromatic rings. The summed E-state index contributed by atoms with van der Waals surface area (Å²) in [6.07, 6.45) is -1.32. The lowest BCUT2D eigenvalue weighted by Gasteiger charge is -2.20. The average molecular weight is 411 g/mol. The van der Waals surface area contributed by atoms with E-state index in [1.165, 1.54) is 0 Å². The Kier molecular flexibility index (Phi) is 4.71. The van der Waals surface area contributed by atoms with Crippen molar-refractivity contribution in [2.45, 2.75) is 26.2 Å². The number of nitrogens with zero attached hydrogens (tertiary/aromatic N) is 4. The van der Waals surface area contributed by atoms with Crippen LogP contribution in [0.1, 0.15) is 33.2 Å². The molecule has 0 spiro atoms. The number of ether oxygens (including phenoxy) is 1. The number of aliphatic imine (C=N–C) groups is 1. The molecule has 1 aliphatic heterocycles. The minimum atomic E-state index is -0.730. The van der Waals surface area contributed by atoms with Gasteiger partial charge in [0.15, 0.2) is 0 Å². The molecule has 5 rings (SSSR count). The molecule has 0 bridgehead atoms. The van der Waals surface area contributed by atoms with Crippen LogP contribution in [0.5, 0.6) is 0 Å². The molecule has 0 aliphatic carbocycles. The van der Waals surface area contributed by atoms with Crippen LogP contribution in [0.2, 0.25) is 0 Å². The molecule has 0 radical (unpaired) electrons. The molecule has 3 aromatic carbocycles. The standard InChI is InChI=1S/C24H21N5O2/c1-15-9-3-5-11-17(15)22(30)26-24-21(29-20-14-8-7-13-19(20)27-28-29)25-23(31-24)18-12-6-4-10-16(18)2/h3-14,21,24H,1-2H3,(H,26,30). The SMILES string of the molecule is Cc1ccccc1C(=O)NC1OC(c2ccccc2C)=NC1n1nnc2ccccc21. The van der Waals surface area contributed by atoms with E-state index in [-0.39, 0.29) is 5.91 Å². The van der Waals surface area contributed by atoms with Crippen LogP contribution in [0.4, 0.5) is 0 Å². The van der Waals surface area contributed by atoms with E-state index in [4.69, 9.17) is 9.73 Å². The maximum absolute atomic E-state index is 13.0. The maximum atomic E-state index is 13.0. The number of hydrogen-bond donors (Lipinski definition) is 1. The van der Waals surface area contributed by atoms with Gasteiger partial charge < -0.3 is 10.1 Å². The summed E-state index contributed by atoms with van der Waals surface area (Å²) in [7, 11) is 0. The molecule has 0 fully saturated rings. The fraction of sp³-hybridized carbons (Fsp3) is 0.167. The topological polar surface area (TPSA) is 81.4 Å². The first-order valence-corrected chi connectivity index (χ1v) is 10.1. The normalized spacial score (nSPS) is 17.9. The first-order chi connectivity index (χ1) is 15.1. The quantitative estimate of drug-likeness (QED) is 0.554. The van der Waals surface area contributed by atoms with E-state index < -0.39 is 12.4 Å². The number of benzene rings is 3. The van der Waals surface area contributed by atoms with Crippen molar-refractivity contribution in [3.05, 3.63) is 95.1 Å². The van der Waals surface area contributed by atoms with E-state index in [0.717, 1.165) is 27.7 Å². The Morgan fingerprint density at radius 1 is 0.935 bits per heavy atom. The van der Waals surface area contributed by atoms with E-state index in [9.17, 15) is 4.79 Å². The molecular formula is C24H21N5O2. The van der Waals surface area contributed by atoms with Crippen LogP contribution in [-0.2, 0) is 4.74 Å². The Bertz CT molecular complexity index is 1310. The fourth-order valence-electron chi connectivity index (χ4n) is 3.75. The van der Waals surface area contributed by atoms with Gasteiger partial charge in [0, 0.05) is 11.1 Å². The minimum Gasteiger partial charge on any atom is -0.449 e. The van der Waals surface area contributed by atoms with Crippen molar-refractivity contribution in [1.82, 2.24) is 20.3 Å². The lowest BCUT2D eigenvalue weighted by molar-refractivity contribution is 0.0755. The van der Waals surface area contributed by atoms with Crippen LogP contribution < -0.4 is 5.32 Å². The van der Waals surface area contributed by atoms with Gasteiger partial charge in [0.25, 0.3) is 5.91 Å². The van der Waals surface area contributed by atoms with E-state index >= 15 is 0 Å². The molecule has 1 aromatic heterocycles. The predicted molar refractivity (Wildman–Crippen MR) is 118 cm³/mol. The minimum absolute atomic E-state index is 0.223. The Balaban J connectivity index is 1.54. The van der Waals surface area contributed by atoms with Gasteiger partial charge in [0.2, 0.25) is 18.3 Å². The zero-order chi connectivity index (χ0) is 21.4. The van der Waals surface area contributed by atoms with Crippen LogP contribution >= 0.6 is 0 Å². The predicted octanol–water partition coefficient (Wildman–Crippen LogP) is 3.78. The van der Waals surface area contributed by atoms with Crippen LogP contribution in [-0.4, -0.2) is 33.0 Å². The van der Waals surface area contributed by atoms with E-state index in [2.05, 4.69) is 15.6 Å². The molecule has 7 nitrogen and oxygen atoms in total. The summed E-state index contributed by atoms with van der Waals surface area (Å²) in [5.74, 6) is 0.247. The van der Waals surface area contributed by atoms with Gasteiger partial charge in [-0.3, -0.25) is 4.79 Å². The molecule has 1 aliphatic rings. The van der Waals surface area contributed by atoms with E-state index in [1.54, 1.807) is 10.7 Å². The second-order valence-corrected chi connectivity index (χ2v) is 7.51. The largest absolute Gasteiger partial charge is 0.449 e. The van der Waals surface area contributed by atoms with Crippen LogP contribution in [0.3, 0.4) is 0 Å². The molecule has 7 heteroatoms. The van der Waals surface area contributed by atoms with Crippen molar-refractivity contribution in [2.75, 3.05) is 0 Å². The molecule has 154 valence electrons. The summed E-state index contributed by atoms with van der Waals surface area (Å²) in [5.41, 5.74) is 4.98. The van der Waals surface area contributed by atoms with Gasteiger partial charge in [0.05, 0.1) is 5.52 Å². The zero-order valence-electron chi connectivity index (χ0n) is 17.2. The first-order valence-electron chi connectivity index (χ1n) is 10.1. The summed E-state index contributed by atoms with van der Waals surface area (Å²) in [6, 6.07) is 23.0. The first kappa shape index (κ1) is 19.0. The second kappa shape index (κ2) is 7.68. The molecule has 2 heterocycles. The van der Waals surface area contributed by atoms with Gasteiger partial charge in [-0.25, -0.2) is 9.67 Å². The summed E-state index contributed by atoms with van der Waals surface area (Å²) in [5, 5.41) is 11.5. The number of rotatable bonds is 4. The van der Waals surface area contributed by atoms with Crippen LogP contribution in [0.15, 0.2) is 77.8 Å². The van der Waals surface area contributed by atoms with Gasteiger partial charge in [-0.05, 0) is 49.2 Å². The average Bonchev–Trinajstić information content (AvgIpc) is 3.38. The lowest BCUT2D eigenvalue weighted by Crippen LogP contribution is -2.41. The summed E-state index contributed by atoms with van der Waals surface area (Å²) >= 11 is 0. The fourth-order valence-corrected chi connectivity index (χ4v) is 3.75. The highest BCUT2D eigenvalue weighted by Gasteiger charge is 2.36. The van der Waals surface area contributed by atoms with E-state index in [1.807, 2.05) is 80.6 Å². The summed E-state index contributed by atoms with van der Waals surface area (Å²) in [6.45, 7) is 3.91. The Hall–Kier alpha value is -4.00. The van der Waals surface area contributed by atoms with E-state index in [0.29, 0.717) is 11.5 Å². The molecule has 31 heavy (non-hydrogen) atoms. The Morgan fingerprint density at radius 2 is 1.65 bits per heavy atom. The van der Waals surface area contributed by atoms with Gasteiger partial charge in [-0.15, -0.1) is 5.10 Å². The molecule has 0 saturated carbocycles. The van der Waals surface area contributed by atoms with Crippen molar-refractivity contribution in [3.8, 4) is 0 Å². The van der Waals surface area contributed by atoms with Crippen molar-refractivity contribution < 1.29 is 9.53 Å². The van der Waals surface area contributed by atoms with Gasteiger partial charge in [-0.2, -0.15) is 0 Å². The number of hydrogen-bond acceptors (Lipinski definition) is 5. The third-order valence-corrected chi connectivity index (χ3v) is 5.43. The molecule has 0 saturated heterocycles. The third kappa shape index (κ3) is 3.44. The monoisotopic (exact) mass is 411 g/mol. The van der Waals surface area contributed by atoms with Crippen molar-refractivity contribution in [1.29, 1.82) is 0 Å². The number of amides is 1. The van der Waals surface area contributed by atoms with Crippen LogP contribution in [0.25, 0.3) is 11.0 Å². The number of para-hydroxylation sites is 1. The number of aromatic nitrogens is 3. The highest BCUT2D eigenvalue weighted by atomic mass is 16.5. The molecule has 2 atom stereocenters. The molecule has 1 amide bonds. The maximum Gasteiger partial charge on any atom is 0.254 e. The number of aryl methyl sites for hydroxylation is 2. The second-order valence-electron chi connectivity index (χ2n) is 7.51. The van der Waals surface area contributed by atoms with Crippen molar-refractivity contribution in [3.63, 3.8) is 0 Å². The number of carbonyl (C=O) groups is 1. The highest BCUT2D eigenvalue weighted by molar-refractivity contribution is 5.98. The number of nitrogens with one attached hydrogen (secondary N) is 1. The zero-order valence-corrected chi connectivity index (χ0v) is 17.2. The molecule has 2 unspecified atom stereocenters. The summed E-state index contributed by atoms with van der Waals surface area (Å²) < 4.78 is 7.87. The number of fused-ring (bicyclic) bond motifs is 1. The van der Waals surface area contributed by atoms with Crippen LogP contribution in [0, 0.1) is 13.8 Å². The van der Waals surface area contributed by atoms with Crippen molar-refractivity contribution in [2.24, 2.45) is 4.99 Å². The third-order valence-electron chi connectivity index (χ3n) is 5.43. The molecule has 1 N–H and O–H groups in total.